The minimum absolute atomic E-state index is 0.721. The van der Waals surface area contributed by atoms with E-state index in [0.717, 1.165) is 29.3 Å². The van der Waals surface area contributed by atoms with Gasteiger partial charge in [-0.25, -0.2) is 0 Å². The van der Waals surface area contributed by atoms with Gasteiger partial charge in [-0.05, 0) is 42.8 Å². The van der Waals surface area contributed by atoms with Crippen LogP contribution in [0, 0.1) is 0 Å². The van der Waals surface area contributed by atoms with Crippen LogP contribution in [0.5, 0.6) is 11.5 Å². The Labute approximate surface area is 111 Å². The predicted molar refractivity (Wildman–Crippen MR) is 73.4 cm³/mol. The molecule has 0 aliphatic rings. The molecule has 96 valence electrons. The Morgan fingerprint density at radius 2 is 1.94 bits per heavy atom. The Kier molecular flexibility index (Phi) is 4.17. The van der Waals surface area contributed by atoms with Crippen molar-refractivity contribution in [3.63, 3.8) is 0 Å². The summed E-state index contributed by atoms with van der Waals surface area (Å²) in [6.45, 7) is 0.838. The molecule has 0 unspecified atom stereocenters. The number of methoxy groups -OCH3 is 2. The molecule has 1 N–H and O–H groups in total. The quantitative estimate of drug-likeness (QED) is 0.901. The van der Waals surface area contributed by atoms with Gasteiger partial charge in [0.05, 0.1) is 19.9 Å². The van der Waals surface area contributed by atoms with Gasteiger partial charge in [-0.3, -0.25) is 0 Å². The van der Waals surface area contributed by atoms with Crippen LogP contribution in [-0.4, -0.2) is 25.6 Å². The Hall–Kier alpha value is -1.59. The first-order valence-corrected chi connectivity index (χ1v) is 6.38. The van der Waals surface area contributed by atoms with Crippen LogP contribution in [-0.2, 0) is 6.54 Å². The average Bonchev–Trinajstić information content (AvgIpc) is 2.87. The molecule has 0 bridgehead atoms. The van der Waals surface area contributed by atoms with Crippen molar-refractivity contribution in [1.29, 1.82) is 0 Å². The second kappa shape index (κ2) is 5.84. The number of benzene rings is 1. The molecule has 18 heavy (non-hydrogen) atoms. The van der Waals surface area contributed by atoms with E-state index in [0.29, 0.717) is 0 Å². The summed E-state index contributed by atoms with van der Waals surface area (Å²) in [5, 5.41) is 3.12. The van der Waals surface area contributed by atoms with Gasteiger partial charge in [0, 0.05) is 17.0 Å². The highest BCUT2D eigenvalue weighted by Crippen LogP contribution is 2.32. The van der Waals surface area contributed by atoms with Gasteiger partial charge in [0.2, 0.25) is 0 Å². The standard InChI is InChI=1S/C13H16N2O2S/c1-14-8-10-7-11(15-18-10)9-4-5-12(16-2)13(6-9)17-3/h4-7,14H,8H2,1-3H3. The predicted octanol–water partition coefficient (Wildman–Crippen LogP) is 2.55. The number of hydrogen-bond donors (Lipinski definition) is 1. The van der Waals surface area contributed by atoms with E-state index in [1.165, 1.54) is 16.4 Å². The van der Waals surface area contributed by atoms with Crippen molar-refractivity contribution in [2.45, 2.75) is 6.54 Å². The zero-order valence-electron chi connectivity index (χ0n) is 10.7. The van der Waals surface area contributed by atoms with Gasteiger partial charge in [-0.1, -0.05) is 0 Å². The molecule has 0 amide bonds. The lowest BCUT2D eigenvalue weighted by Crippen LogP contribution is -2.02. The molecule has 0 aliphatic carbocycles. The summed E-state index contributed by atoms with van der Waals surface area (Å²) < 4.78 is 15.0. The van der Waals surface area contributed by atoms with Crippen LogP contribution in [0.4, 0.5) is 0 Å². The Morgan fingerprint density at radius 3 is 2.61 bits per heavy atom. The van der Waals surface area contributed by atoms with E-state index >= 15 is 0 Å². The first-order valence-electron chi connectivity index (χ1n) is 5.61. The molecule has 2 rings (SSSR count). The molecule has 0 fully saturated rings. The van der Waals surface area contributed by atoms with E-state index in [9.17, 15) is 0 Å². The zero-order valence-corrected chi connectivity index (χ0v) is 11.5. The number of hydrogen-bond acceptors (Lipinski definition) is 5. The summed E-state index contributed by atoms with van der Waals surface area (Å²) in [6, 6.07) is 7.91. The van der Waals surface area contributed by atoms with Gasteiger partial charge in [0.15, 0.2) is 11.5 Å². The molecule has 0 saturated heterocycles. The van der Waals surface area contributed by atoms with Crippen LogP contribution in [0.15, 0.2) is 24.3 Å². The molecule has 0 saturated carbocycles. The van der Waals surface area contributed by atoms with Gasteiger partial charge in [-0.2, -0.15) is 4.37 Å². The second-order valence-corrected chi connectivity index (χ2v) is 4.67. The fourth-order valence-electron chi connectivity index (χ4n) is 1.70. The highest BCUT2D eigenvalue weighted by molar-refractivity contribution is 7.06. The molecule has 5 heteroatoms. The van der Waals surface area contributed by atoms with E-state index < -0.39 is 0 Å². The smallest absolute Gasteiger partial charge is 0.161 e. The maximum atomic E-state index is 5.29. The Bertz CT molecular complexity index is 525. The molecule has 1 aromatic carbocycles. The third-order valence-electron chi connectivity index (χ3n) is 2.59. The highest BCUT2D eigenvalue weighted by atomic mass is 32.1. The van der Waals surface area contributed by atoms with Crippen LogP contribution < -0.4 is 14.8 Å². The summed E-state index contributed by atoms with van der Waals surface area (Å²) >= 11 is 1.51. The molecule has 0 atom stereocenters. The minimum atomic E-state index is 0.721. The van der Waals surface area contributed by atoms with Gasteiger partial charge >= 0.3 is 0 Å². The van der Waals surface area contributed by atoms with Gasteiger partial charge in [0.1, 0.15) is 0 Å². The maximum Gasteiger partial charge on any atom is 0.161 e. The normalized spacial score (nSPS) is 10.4. The molecule has 1 aromatic heterocycles. The molecule has 0 radical (unpaired) electrons. The van der Waals surface area contributed by atoms with Gasteiger partial charge in [-0.15, -0.1) is 0 Å². The summed E-state index contributed by atoms with van der Waals surface area (Å²) in [6.07, 6.45) is 0. The molecule has 4 nitrogen and oxygen atoms in total. The third-order valence-corrected chi connectivity index (χ3v) is 3.37. The lowest BCUT2D eigenvalue weighted by atomic mass is 10.1. The van der Waals surface area contributed by atoms with Crippen molar-refractivity contribution in [3.05, 3.63) is 29.1 Å². The van der Waals surface area contributed by atoms with Crippen LogP contribution in [0.1, 0.15) is 4.88 Å². The summed E-state index contributed by atoms with van der Waals surface area (Å²) in [7, 11) is 5.19. The molecule has 0 spiro atoms. The van der Waals surface area contributed by atoms with Crippen molar-refractivity contribution in [2.24, 2.45) is 0 Å². The van der Waals surface area contributed by atoms with Crippen molar-refractivity contribution >= 4 is 11.5 Å². The van der Waals surface area contributed by atoms with Crippen LogP contribution in [0.25, 0.3) is 11.3 Å². The molecular weight excluding hydrogens is 248 g/mol. The third kappa shape index (κ3) is 2.63. The maximum absolute atomic E-state index is 5.29. The Balaban J connectivity index is 2.31. The number of rotatable bonds is 5. The molecule has 2 aromatic rings. The van der Waals surface area contributed by atoms with Crippen molar-refractivity contribution in [3.8, 4) is 22.8 Å². The monoisotopic (exact) mass is 264 g/mol. The zero-order chi connectivity index (χ0) is 13.0. The first kappa shape index (κ1) is 12.9. The second-order valence-electron chi connectivity index (χ2n) is 3.78. The summed E-state index contributed by atoms with van der Waals surface area (Å²) in [5.41, 5.74) is 2.00. The minimum Gasteiger partial charge on any atom is -0.493 e. The van der Waals surface area contributed by atoms with Crippen molar-refractivity contribution < 1.29 is 9.47 Å². The van der Waals surface area contributed by atoms with Crippen molar-refractivity contribution in [1.82, 2.24) is 9.69 Å². The lowest BCUT2D eigenvalue weighted by molar-refractivity contribution is 0.355. The SMILES string of the molecule is CNCc1cc(-c2ccc(OC)c(OC)c2)ns1. The largest absolute Gasteiger partial charge is 0.493 e. The number of aromatic nitrogens is 1. The summed E-state index contributed by atoms with van der Waals surface area (Å²) in [5.74, 6) is 1.45. The Morgan fingerprint density at radius 1 is 1.17 bits per heavy atom. The highest BCUT2D eigenvalue weighted by Gasteiger charge is 2.09. The van der Waals surface area contributed by atoms with Crippen LogP contribution in [0.2, 0.25) is 0 Å². The van der Waals surface area contributed by atoms with E-state index in [-0.39, 0.29) is 0 Å². The number of nitrogens with one attached hydrogen (secondary N) is 1. The van der Waals surface area contributed by atoms with E-state index in [2.05, 4.69) is 15.8 Å². The van der Waals surface area contributed by atoms with Crippen LogP contribution >= 0.6 is 11.5 Å². The summed E-state index contributed by atoms with van der Waals surface area (Å²) in [4.78, 5) is 1.21. The van der Waals surface area contributed by atoms with Crippen LogP contribution in [0.3, 0.4) is 0 Å². The van der Waals surface area contributed by atoms with Gasteiger partial charge < -0.3 is 14.8 Å². The average molecular weight is 264 g/mol. The molecule has 0 aliphatic heterocycles. The first-order chi connectivity index (χ1) is 8.78. The lowest BCUT2D eigenvalue weighted by Gasteiger charge is -2.08. The van der Waals surface area contributed by atoms with E-state index in [4.69, 9.17) is 9.47 Å². The molecular formula is C13H16N2O2S. The fraction of sp³-hybridized carbons (Fsp3) is 0.308. The number of nitrogens with zero attached hydrogens (tertiary/aromatic N) is 1. The van der Waals surface area contributed by atoms with Gasteiger partial charge in [0.25, 0.3) is 0 Å². The fourth-order valence-corrected chi connectivity index (χ4v) is 2.45. The molecule has 1 heterocycles. The number of ether oxygens (including phenoxy) is 2. The van der Waals surface area contributed by atoms with Crippen molar-refractivity contribution in [2.75, 3.05) is 21.3 Å². The topological polar surface area (TPSA) is 43.4 Å². The van der Waals surface area contributed by atoms with E-state index in [1.807, 2.05) is 25.2 Å². The van der Waals surface area contributed by atoms with E-state index in [1.54, 1.807) is 14.2 Å².